The number of hydrogen-bond donors (Lipinski definition) is 2. The van der Waals surface area contributed by atoms with E-state index >= 15 is 0 Å². The Hall–Kier alpha value is -2.91. The lowest BCUT2D eigenvalue weighted by Gasteiger charge is -2.20. The van der Waals surface area contributed by atoms with E-state index in [1.165, 1.54) is 30.4 Å². The highest BCUT2D eigenvalue weighted by atomic mass is 16.3. The maximum atomic E-state index is 12.8. The zero-order chi connectivity index (χ0) is 20.9. The van der Waals surface area contributed by atoms with E-state index in [9.17, 15) is 9.90 Å². The van der Waals surface area contributed by atoms with Crippen LogP contribution in [-0.4, -0.2) is 17.6 Å². The molecule has 1 aliphatic rings. The van der Waals surface area contributed by atoms with Crippen LogP contribution in [-0.2, 0) is 11.2 Å². The SMILES string of the molecule is C[C@@H](NC(=O)[C@H](CO)c1ccc(-c2ccc(CC3CC3)cc2)cc1)c1ccccc1. The van der Waals surface area contributed by atoms with Gasteiger partial charge in [-0.25, -0.2) is 0 Å². The van der Waals surface area contributed by atoms with E-state index in [1.54, 1.807) is 0 Å². The van der Waals surface area contributed by atoms with Crippen LogP contribution in [0, 0.1) is 5.92 Å². The van der Waals surface area contributed by atoms with Gasteiger partial charge in [-0.15, -0.1) is 0 Å². The molecule has 0 bridgehead atoms. The Morgan fingerprint density at radius 3 is 2.07 bits per heavy atom. The molecule has 3 nitrogen and oxygen atoms in total. The number of nitrogens with one attached hydrogen (secondary N) is 1. The molecule has 0 unspecified atom stereocenters. The Labute approximate surface area is 178 Å². The molecule has 3 aromatic carbocycles. The number of benzene rings is 3. The third kappa shape index (κ3) is 4.98. The van der Waals surface area contributed by atoms with Crippen molar-refractivity contribution < 1.29 is 9.90 Å². The summed E-state index contributed by atoms with van der Waals surface area (Å²) in [6.45, 7) is 1.74. The normalized spacial score (nSPS) is 15.4. The average Bonchev–Trinajstić information content (AvgIpc) is 3.60. The first kappa shape index (κ1) is 20.4. The maximum absolute atomic E-state index is 12.8. The van der Waals surface area contributed by atoms with E-state index in [4.69, 9.17) is 0 Å². The molecule has 4 rings (SSSR count). The second-order valence-corrected chi connectivity index (χ2v) is 8.34. The Morgan fingerprint density at radius 1 is 0.900 bits per heavy atom. The monoisotopic (exact) mass is 399 g/mol. The van der Waals surface area contributed by atoms with Crippen molar-refractivity contribution in [2.24, 2.45) is 5.92 Å². The van der Waals surface area contributed by atoms with Crippen LogP contribution in [0.5, 0.6) is 0 Å². The minimum atomic E-state index is -0.578. The predicted octanol–water partition coefficient (Wildman–Crippen LogP) is 5.26. The molecule has 0 aromatic heterocycles. The summed E-state index contributed by atoms with van der Waals surface area (Å²) in [5.41, 5.74) is 5.56. The number of carbonyl (C=O) groups is 1. The number of carbonyl (C=O) groups excluding carboxylic acids is 1. The van der Waals surface area contributed by atoms with Crippen molar-refractivity contribution >= 4 is 5.91 Å². The zero-order valence-corrected chi connectivity index (χ0v) is 17.4. The van der Waals surface area contributed by atoms with Crippen molar-refractivity contribution in [3.05, 3.63) is 95.6 Å². The molecule has 0 radical (unpaired) electrons. The van der Waals surface area contributed by atoms with Crippen molar-refractivity contribution in [3.8, 4) is 11.1 Å². The first-order chi connectivity index (χ1) is 14.6. The van der Waals surface area contributed by atoms with Crippen LogP contribution in [0.2, 0.25) is 0 Å². The molecule has 0 spiro atoms. The minimum absolute atomic E-state index is 0.110. The lowest BCUT2D eigenvalue weighted by atomic mass is 9.95. The largest absolute Gasteiger partial charge is 0.395 e. The Morgan fingerprint density at radius 2 is 1.50 bits per heavy atom. The molecule has 2 N–H and O–H groups in total. The van der Waals surface area contributed by atoms with Gasteiger partial charge in [0.15, 0.2) is 0 Å². The fourth-order valence-electron chi connectivity index (χ4n) is 3.88. The molecule has 0 saturated heterocycles. The molecule has 1 fully saturated rings. The summed E-state index contributed by atoms with van der Waals surface area (Å²) in [6.07, 6.45) is 3.92. The number of hydrogen-bond acceptors (Lipinski definition) is 2. The van der Waals surface area contributed by atoms with Gasteiger partial charge in [-0.3, -0.25) is 4.79 Å². The number of aliphatic hydroxyl groups excluding tert-OH is 1. The van der Waals surface area contributed by atoms with Crippen LogP contribution in [0.25, 0.3) is 11.1 Å². The fraction of sp³-hybridized carbons (Fsp3) is 0.296. The molecule has 2 atom stereocenters. The van der Waals surface area contributed by atoms with E-state index < -0.39 is 5.92 Å². The van der Waals surface area contributed by atoms with Crippen molar-refractivity contribution in [2.45, 2.75) is 38.1 Å². The van der Waals surface area contributed by atoms with E-state index in [1.807, 2.05) is 61.5 Å². The summed E-state index contributed by atoms with van der Waals surface area (Å²) < 4.78 is 0. The van der Waals surface area contributed by atoms with Gasteiger partial charge in [0.05, 0.1) is 18.6 Å². The Bertz CT molecular complexity index is 960. The summed E-state index contributed by atoms with van der Waals surface area (Å²) in [5.74, 6) is 0.151. The number of rotatable bonds is 8. The summed E-state index contributed by atoms with van der Waals surface area (Å²) in [6, 6.07) is 26.5. The quantitative estimate of drug-likeness (QED) is 0.543. The molecule has 0 heterocycles. The minimum Gasteiger partial charge on any atom is -0.395 e. The van der Waals surface area contributed by atoms with Gasteiger partial charge in [-0.2, -0.15) is 0 Å². The summed E-state index contributed by atoms with van der Waals surface area (Å²) >= 11 is 0. The Balaban J connectivity index is 1.42. The summed E-state index contributed by atoms with van der Waals surface area (Å²) in [4.78, 5) is 12.8. The van der Waals surface area contributed by atoms with Crippen molar-refractivity contribution in [1.82, 2.24) is 5.32 Å². The van der Waals surface area contributed by atoms with Gasteiger partial charge >= 0.3 is 0 Å². The van der Waals surface area contributed by atoms with Gasteiger partial charge < -0.3 is 10.4 Å². The molecule has 3 aromatic rings. The molecule has 154 valence electrons. The smallest absolute Gasteiger partial charge is 0.230 e. The number of aliphatic hydroxyl groups is 1. The highest BCUT2D eigenvalue weighted by molar-refractivity contribution is 5.84. The van der Waals surface area contributed by atoms with Crippen LogP contribution in [0.3, 0.4) is 0 Å². The molecule has 1 saturated carbocycles. The van der Waals surface area contributed by atoms with Crippen LogP contribution < -0.4 is 5.32 Å². The van der Waals surface area contributed by atoms with Crippen molar-refractivity contribution in [2.75, 3.05) is 6.61 Å². The average molecular weight is 400 g/mol. The first-order valence-corrected chi connectivity index (χ1v) is 10.8. The van der Waals surface area contributed by atoms with E-state index in [-0.39, 0.29) is 18.6 Å². The molecular weight excluding hydrogens is 370 g/mol. The van der Waals surface area contributed by atoms with Crippen molar-refractivity contribution in [3.63, 3.8) is 0 Å². The van der Waals surface area contributed by atoms with Crippen LogP contribution >= 0.6 is 0 Å². The molecular formula is C27H29NO2. The molecule has 30 heavy (non-hydrogen) atoms. The standard InChI is InChI=1S/C27H29NO2/c1-19(22-5-3-2-4-6-22)28-27(30)26(18-29)25-15-13-24(14-16-25)23-11-9-21(10-12-23)17-20-7-8-20/h2-6,9-16,19-20,26,29H,7-8,17-18H2,1H3,(H,28,30)/t19-,26-/m1/s1. The lowest BCUT2D eigenvalue weighted by molar-refractivity contribution is -0.124. The van der Waals surface area contributed by atoms with Gasteiger partial charge in [-0.1, -0.05) is 78.9 Å². The first-order valence-electron chi connectivity index (χ1n) is 10.8. The number of amides is 1. The Kier molecular flexibility index (Phi) is 6.29. The van der Waals surface area contributed by atoms with E-state index in [0.717, 1.165) is 22.6 Å². The predicted molar refractivity (Wildman–Crippen MR) is 121 cm³/mol. The fourth-order valence-corrected chi connectivity index (χ4v) is 3.88. The van der Waals surface area contributed by atoms with Gasteiger partial charge in [0, 0.05) is 0 Å². The van der Waals surface area contributed by atoms with Crippen LogP contribution in [0.15, 0.2) is 78.9 Å². The van der Waals surface area contributed by atoms with Gasteiger partial charge in [-0.05, 0) is 59.9 Å². The second kappa shape index (κ2) is 9.27. The highest BCUT2D eigenvalue weighted by Crippen LogP contribution is 2.33. The summed E-state index contributed by atoms with van der Waals surface area (Å²) in [5, 5.41) is 12.9. The zero-order valence-electron chi connectivity index (χ0n) is 17.4. The van der Waals surface area contributed by atoms with Gasteiger partial charge in [0.25, 0.3) is 0 Å². The molecule has 0 aliphatic heterocycles. The molecule has 3 heteroatoms. The third-order valence-electron chi connectivity index (χ3n) is 5.98. The second-order valence-electron chi connectivity index (χ2n) is 8.34. The topological polar surface area (TPSA) is 49.3 Å². The lowest BCUT2D eigenvalue weighted by Crippen LogP contribution is -2.33. The van der Waals surface area contributed by atoms with Gasteiger partial charge in [0.1, 0.15) is 0 Å². The highest BCUT2D eigenvalue weighted by Gasteiger charge is 2.22. The molecule has 1 amide bonds. The van der Waals surface area contributed by atoms with Crippen molar-refractivity contribution in [1.29, 1.82) is 0 Å². The van der Waals surface area contributed by atoms with E-state index in [2.05, 4.69) is 29.6 Å². The summed E-state index contributed by atoms with van der Waals surface area (Å²) in [7, 11) is 0. The van der Waals surface area contributed by atoms with E-state index in [0.29, 0.717) is 0 Å². The van der Waals surface area contributed by atoms with Crippen LogP contribution in [0.1, 0.15) is 48.4 Å². The van der Waals surface area contributed by atoms with Gasteiger partial charge in [0.2, 0.25) is 5.91 Å². The molecule has 1 aliphatic carbocycles. The third-order valence-corrected chi connectivity index (χ3v) is 5.98. The van der Waals surface area contributed by atoms with Crippen LogP contribution in [0.4, 0.5) is 0 Å². The maximum Gasteiger partial charge on any atom is 0.230 e.